The summed E-state index contributed by atoms with van der Waals surface area (Å²) in [6, 6.07) is 4.48. The van der Waals surface area contributed by atoms with Crippen LogP contribution in [0.3, 0.4) is 0 Å². The number of carboxylic acids is 1. The fourth-order valence-corrected chi connectivity index (χ4v) is 11.5. The van der Waals surface area contributed by atoms with E-state index in [-0.39, 0.29) is 25.4 Å². The smallest absolute Gasteiger partial charge is 0.318 e. The molecular weight excluding hydrogens is 709 g/mol. The van der Waals surface area contributed by atoms with Crippen molar-refractivity contribution in [1.82, 2.24) is 40.4 Å². The molecule has 13 nitrogen and oxygen atoms in total. The van der Waals surface area contributed by atoms with Gasteiger partial charge in [0.2, 0.25) is 5.91 Å². The Morgan fingerprint density at radius 1 is 0.500 bits per heavy atom. The highest BCUT2D eigenvalue weighted by Gasteiger charge is 2.46. The van der Waals surface area contributed by atoms with E-state index in [1.165, 1.54) is 96.8 Å². The molecule has 10 aliphatic rings. The summed E-state index contributed by atoms with van der Waals surface area (Å²) in [5.41, 5.74) is 0. The molecule has 0 radical (unpaired) electrons. The number of carboxylic acid groups (broad SMARTS) is 1. The predicted molar refractivity (Wildman–Crippen MR) is 217 cm³/mol. The maximum atomic E-state index is 12.5. The van der Waals surface area contributed by atoms with Crippen LogP contribution in [0.2, 0.25) is 0 Å². The second-order valence-electron chi connectivity index (χ2n) is 18.6. The molecule has 316 valence electrons. The molecule has 6 saturated heterocycles. The van der Waals surface area contributed by atoms with E-state index >= 15 is 0 Å². The first-order valence-corrected chi connectivity index (χ1v) is 22.7. The molecule has 0 spiro atoms. The van der Waals surface area contributed by atoms with Gasteiger partial charge in [0.15, 0.2) is 0 Å². The lowest BCUT2D eigenvalue weighted by atomic mass is 9.89. The van der Waals surface area contributed by atoms with E-state index in [1.807, 2.05) is 0 Å². The zero-order valence-electron chi connectivity index (χ0n) is 33.4. The molecule has 0 aromatic carbocycles. The van der Waals surface area contributed by atoms with Gasteiger partial charge in [-0.2, -0.15) is 0 Å². The van der Waals surface area contributed by atoms with Gasteiger partial charge in [-0.1, -0.05) is 33.1 Å². The summed E-state index contributed by atoms with van der Waals surface area (Å²) < 4.78 is 0. The summed E-state index contributed by atoms with van der Waals surface area (Å²) in [4.78, 5) is 58.9. The molecule has 6 aliphatic heterocycles. The second kappa shape index (κ2) is 19.0. The quantitative estimate of drug-likeness (QED) is 0.300. The SMILES string of the molecule is C.O=C(C1CC1)N1CCC(N2CCC(N3C(=O)N[C@@H]4CCCC[C@H]43)CC2)CC1.O=C(O)C1CC1.O=C1N[C@@H]2CCCC[C@H]2N1C1CCN(C2CCNCC2)CC1. The highest BCUT2D eigenvalue weighted by atomic mass is 16.4. The van der Waals surface area contributed by atoms with Gasteiger partial charge in [-0.3, -0.25) is 9.59 Å². The number of fused-ring (bicyclic) bond motifs is 2. The van der Waals surface area contributed by atoms with Crippen molar-refractivity contribution in [2.75, 3.05) is 52.4 Å². The summed E-state index contributed by atoms with van der Waals surface area (Å²) in [6.45, 7) is 8.79. The zero-order chi connectivity index (χ0) is 37.9. The van der Waals surface area contributed by atoms with Crippen LogP contribution in [0.15, 0.2) is 0 Å². The van der Waals surface area contributed by atoms with Crippen molar-refractivity contribution in [1.29, 1.82) is 0 Å². The lowest BCUT2D eigenvalue weighted by Crippen LogP contribution is -2.53. The monoisotopic (exact) mass is 783 g/mol. The minimum absolute atomic E-state index is 0. The number of aliphatic carboxylic acids is 1. The topological polar surface area (TPSA) is 141 Å². The third-order valence-electron chi connectivity index (χ3n) is 15.0. The predicted octanol–water partition coefficient (Wildman–Crippen LogP) is 4.84. The lowest BCUT2D eigenvalue weighted by molar-refractivity contribution is -0.138. The summed E-state index contributed by atoms with van der Waals surface area (Å²) in [5, 5.41) is 18.0. The first kappa shape index (κ1) is 41.5. The molecule has 0 aromatic rings. The lowest BCUT2D eigenvalue weighted by Gasteiger charge is -2.44. The summed E-state index contributed by atoms with van der Waals surface area (Å²) in [5.74, 6) is 0.154. The Hall–Kier alpha value is -2.64. The number of carbonyl (C=O) groups excluding carboxylic acids is 3. The van der Waals surface area contributed by atoms with Gasteiger partial charge in [0.1, 0.15) is 0 Å². The third-order valence-corrected chi connectivity index (χ3v) is 15.0. The van der Waals surface area contributed by atoms with Gasteiger partial charge >= 0.3 is 18.0 Å². The normalized spacial score (nSPS) is 32.5. The fourth-order valence-electron chi connectivity index (χ4n) is 11.5. The molecule has 0 unspecified atom stereocenters. The Morgan fingerprint density at radius 2 is 0.911 bits per heavy atom. The second-order valence-corrected chi connectivity index (χ2v) is 18.6. The van der Waals surface area contributed by atoms with E-state index in [2.05, 4.69) is 40.4 Å². The summed E-state index contributed by atoms with van der Waals surface area (Å²) in [6.07, 6.45) is 23.2. The van der Waals surface area contributed by atoms with Gasteiger partial charge in [0, 0.05) is 69.4 Å². The van der Waals surface area contributed by atoms with Crippen LogP contribution < -0.4 is 16.0 Å². The van der Waals surface area contributed by atoms with Gasteiger partial charge in [0.25, 0.3) is 0 Å². The molecule has 13 heteroatoms. The molecule has 4 saturated carbocycles. The maximum absolute atomic E-state index is 12.5. The van der Waals surface area contributed by atoms with Gasteiger partial charge in [-0.15, -0.1) is 0 Å². The molecule has 10 rings (SSSR count). The van der Waals surface area contributed by atoms with Crippen LogP contribution in [-0.4, -0.2) is 154 Å². The minimum atomic E-state index is -0.630. The van der Waals surface area contributed by atoms with Crippen molar-refractivity contribution in [3.63, 3.8) is 0 Å². The number of piperidine rings is 4. The van der Waals surface area contributed by atoms with Crippen molar-refractivity contribution in [2.45, 2.75) is 184 Å². The molecular formula is C43H74N8O5. The van der Waals surface area contributed by atoms with Crippen LogP contribution in [0.4, 0.5) is 9.59 Å². The number of nitrogens with one attached hydrogen (secondary N) is 3. The van der Waals surface area contributed by atoms with E-state index < -0.39 is 5.97 Å². The van der Waals surface area contributed by atoms with Crippen molar-refractivity contribution in [3.05, 3.63) is 0 Å². The first-order chi connectivity index (χ1) is 26.8. The van der Waals surface area contributed by atoms with Gasteiger partial charge in [-0.25, -0.2) is 9.59 Å². The van der Waals surface area contributed by atoms with Crippen LogP contribution in [-0.2, 0) is 9.59 Å². The Balaban J connectivity index is 0.000000149. The molecule has 10 fully saturated rings. The molecule has 0 bridgehead atoms. The van der Waals surface area contributed by atoms with Crippen molar-refractivity contribution in [3.8, 4) is 0 Å². The number of carbonyl (C=O) groups is 4. The Bertz CT molecular complexity index is 1330. The van der Waals surface area contributed by atoms with E-state index in [1.54, 1.807) is 0 Å². The van der Waals surface area contributed by atoms with Crippen LogP contribution in [0.5, 0.6) is 0 Å². The maximum Gasteiger partial charge on any atom is 0.318 e. The minimum Gasteiger partial charge on any atom is -0.481 e. The Kier molecular flexibility index (Phi) is 14.1. The molecule has 4 aliphatic carbocycles. The Morgan fingerprint density at radius 3 is 1.32 bits per heavy atom. The highest BCUT2D eigenvalue weighted by molar-refractivity contribution is 5.81. The zero-order valence-corrected chi connectivity index (χ0v) is 33.4. The van der Waals surface area contributed by atoms with E-state index in [0.29, 0.717) is 54.1 Å². The molecule has 4 atom stereocenters. The van der Waals surface area contributed by atoms with Crippen molar-refractivity contribution >= 4 is 23.9 Å². The van der Waals surface area contributed by atoms with Gasteiger partial charge < -0.3 is 45.6 Å². The van der Waals surface area contributed by atoms with E-state index in [9.17, 15) is 19.2 Å². The van der Waals surface area contributed by atoms with Gasteiger partial charge in [-0.05, 0) is 116 Å². The largest absolute Gasteiger partial charge is 0.481 e. The molecule has 4 N–H and O–H groups in total. The van der Waals surface area contributed by atoms with E-state index in [4.69, 9.17) is 5.11 Å². The first-order valence-electron chi connectivity index (χ1n) is 22.7. The molecule has 56 heavy (non-hydrogen) atoms. The van der Waals surface area contributed by atoms with E-state index in [0.717, 1.165) is 90.0 Å². The highest BCUT2D eigenvalue weighted by Crippen LogP contribution is 2.36. The number of nitrogens with zero attached hydrogens (tertiary/aromatic N) is 5. The molecule has 5 amide bonds. The number of rotatable bonds is 6. The number of likely N-dealkylation sites (tertiary alicyclic amines) is 3. The molecule has 0 aromatic heterocycles. The van der Waals surface area contributed by atoms with Crippen LogP contribution >= 0.6 is 0 Å². The Labute approximate surface area is 336 Å². The van der Waals surface area contributed by atoms with Crippen LogP contribution in [0, 0.1) is 11.8 Å². The van der Waals surface area contributed by atoms with Gasteiger partial charge in [0.05, 0.1) is 30.1 Å². The van der Waals surface area contributed by atoms with Crippen LogP contribution in [0.1, 0.15) is 136 Å². The van der Waals surface area contributed by atoms with Crippen molar-refractivity contribution in [2.24, 2.45) is 11.8 Å². The number of amides is 5. The number of hydrogen-bond acceptors (Lipinski definition) is 7. The average Bonchev–Trinajstić information content (AvgIpc) is 4.17. The number of hydrogen-bond donors (Lipinski definition) is 4. The average molecular weight is 783 g/mol. The third kappa shape index (κ3) is 9.79. The fraction of sp³-hybridized carbons (Fsp3) is 0.907. The standard InChI is InChI=1S/C21H34N4O2.C17H30N4O.C4H6O2.CH4/c26-20(15-5-6-15)24-13-7-16(8-14-24)23-11-9-17(10-12-23)25-19-4-2-1-3-18(19)22-21(25)27;22-17-19-15-3-1-2-4-16(15)21(17)14-7-11-20(12-8-14)13-5-9-18-10-6-13;5-4(6)3-1-2-3;/h15-19H,1-14H2,(H,22,27);13-16,18H,1-12H2,(H,19,22);3H,1-2H2,(H,5,6);1H4/t18-,19-;15-,16-;;/m11../s1. The summed E-state index contributed by atoms with van der Waals surface area (Å²) in [7, 11) is 0. The van der Waals surface area contributed by atoms with Crippen molar-refractivity contribution < 1.29 is 24.3 Å². The number of urea groups is 2. The molecule has 6 heterocycles. The summed E-state index contributed by atoms with van der Waals surface area (Å²) >= 11 is 0. The van der Waals surface area contributed by atoms with Crippen LogP contribution in [0.25, 0.3) is 0 Å².